The van der Waals surface area contributed by atoms with Gasteiger partial charge in [-0.3, -0.25) is 0 Å². The number of nitrogens with zero attached hydrogens (tertiary/aromatic N) is 3. The molecule has 0 aromatic carbocycles. The second kappa shape index (κ2) is 7.63. The number of thioether (sulfide) groups is 1. The van der Waals surface area contributed by atoms with E-state index in [-0.39, 0.29) is 6.04 Å². The predicted molar refractivity (Wildman–Crippen MR) is 77.3 cm³/mol. The zero-order valence-corrected chi connectivity index (χ0v) is 12.8. The van der Waals surface area contributed by atoms with E-state index in [9.17, 15) is 0 Å². The van der Waals surface area contributed by atoms with Crippen LogP contribution in [0.4, 0.5) is 6.01 Å². The van der Waals surface area contributed by atoms with E-state index in [1.54, 1.807) is 0 Å². The molecule has 1 N–H and O–H groups in total. The molecule has 5 nitrogen and oxygen atoms in total. The SMILES string of the molecule is CCNC(C)c1nnc(N(C)C(C)CCSC)o1. The first kappa shape index (κ1) is 15.3. The molecule has 6 heteroatoms. The van der Waals surface area contributed by atoms with Gasteiger partial charge in [-0.05, 0) is 38.8 Å². The van der Waals surface area contributed by atoms with Crippen molar-refractivity contribution in [1.82, 2.24) is 15.5 Å². The van der Waals surface area contributed by atoms with Crippen LogP contribution in [0.25, 0.3) is 0 Å². The van der Waals surface area contributed by atoms with Crippen LogP contribution >= 0.6 is 11.8 Å². The van der Waals surface area contributed by atoms with Gasteiger partial charge in [0, 0.05) is 13.1 Å². The first-order valence-electron chi connectivity index (χ1n) is 6.38. The van der Waals surface area contributed by atoms with E-state index in [0.29, 0.717) is 17.9 Å². The van der Waals surface area contributed by atoms with Gasteiger partial charge in [-0.15, -0.1) is 5.10 Å². The summed E-state index contributed by atoms with van der Waals surface area (Å²) in [6.45, 7) is 7.15. The molecule has 0 aliphatic rings. The standard InChI is InChI=1S/C12H24N4OS/c1-6-13-10(3)11-14-15-12(17-11)16(4)9(2)7-8-18-5/h9-10,13H,6-8H2,1-5H3. The Kier molecular flexibility index (Phi) is 6.49. The summed E-state index contributed by atoms with van der Waals surface area (Å²) < 4.78 is 5.70. The van der Waals surface area contributed by atoms with Gasteiger partial charge in [0.1, 0.15) is 0 Å². The number of hydrogen-bond acceptors (Lipinski definition) is 6. The first-order valence-corrected chi connectivity index (χ1v) is 7.78. The first-order chi connectivity index (χ1) is 8.60. The fourth-order valence-corrected chi connectivity index (χ4v) is 2.18. The van der Waals surface area contributed by atoms with Crippen molar-refractivity contribution in [3.63, 3.8) is 0 Å². The molecular weight excluding hydrogens is 248 g/mol. The molecule has 2 atom stereocenters. The Morgan fingerprint density at radius 1 is 1.39 bits per heavy atom. The Morgan fingerprint density at radius 2 is 2.11 bits per heavy atom. The van der Waals surface area contributed by atoms with Gasteiger partial charge >= 0.3 is 6.01 Å². The van der Waals surface area contributed by atoms with Gasteiger partial charge in [-0.25, -0.2) is 0 Å². The molecule has 104 valence electrons. The molecule has 2 unspecified atom stereocenters. The molecule has 1 aromatic heterocycles. The van der Waals surface area contributed by atoms with Gasteiger partial charge in [0.05, 0.1) is 6.04 Å². The van der Waals surface area contributed by atoms with Crippen molar-refractivity contribution < 1.29 is 4.42 Å². The smallest absolute Gasteiger partial charge is 0.318 e. The van der Waals surface area contributed by atoms with Crippen molar-refractivity contribution in [2.24, 2.45) is 0 Å². The largest absolute Gasteiger partial charge is 0.406 e. The van der Waals surface area contributed by atoms with Crippen molar-refractivity contribution >= 4 is 17.8 Å². The molecule has 0 fully saturated rings. The van der Waals surface area contributed by atoms with Crippen LogP contribution in [0.3, 0.4) is 0 Å². The van der Waals surface area contributed by atoms with Gasteiger partial charge in [0.15, 0.2) is 0 Å². The third kappa shape index (κ3) is 4.17. The Labute approximate surface area is 114 Å². The number of rotatable bonds is 8. The lowest BCUT2D eigenvalue weighted by molar-refractivity contribution is 0.416. The maximum atomic E-state index is 5.70. The monoisotopic (exact) mass is 272 g/mol. The third-order valence-electron chi connectivity index (χ3n) is 3.01. The van der Waals surface area contributed by atoms with Gasteiger partial charge in [-0.1, -0.05) is 12.0 Å². The molecule has 0 aliphatic heterocycles. The second-order valence-electron chi connectivity index (χ2n) is 4.44. The fourth-order valence-electron chi connectivity index (χ4n) is 1.61. The minimum absolute atomic E-state index is 0.103. The lowest BCUT2D eigenvalue weighted by Gasteiger charge is -2.22. The van der Waals surface area contributed by atoms with Crippen LogP contribution in [0.1, 0.15) is 39.1 Å². The summed E-state index contributed by atoms with van der Waals surface area (Å²) >= 11 is 1.86. The zero-order chi connectivity index (χ0) is 13.5. The number of aromatic nitrogens is 2. The van der Waals surface area contributed by atoms with Crippen LogP contribution in [0.5, 0.6) is 0 Å². The van der Waals surface area contributed by atoms with Crippen molar-refractivity contribution in [3.05, 3.63) is 5.89 Å². The minimum atomic E-state index is 0.103. The maximum absolute atomic E-state index is 5.70. The summed E-state index contributed by atoms with van der Waals surface area (Å²) in [4.78, 5) is 2.05. The molecule has 1 heterocycles. The van der Waals surface area contributed by atoms with E-state index >= 15 is 0 Å². The second-order valence-corrected chi connectivity index (χ2v) is 5.43. The zero-order valence-electron chi connectivity index (χ0n) is 11.9. The highest BCUT2D eigenvalue weighted by Gasteiger charge is 2.18. The summed E-state index contributed by atoms with van der Waals surface area (Å²) in [5.41, 5.74) is 0. The van der Waals surface area contributed by atoms with E-state index in [0.717, 1.165) is 18.7 Å². The number of nitrogens with one attached hydrogen (secondary N) is 1. The van der Waals surface area contributed by atoms with Gasteiger partial charge in [0.2, 0.25) is 5.89 Å². The lowest BCUT2D eigenvalue weighted by atomic mass is 10.2. The highest BCUT2D eigenvalue weighted by molar-refractivity contribution is 7.98. The van der Waals surface area contributed by atoms with Crippen LogP contribution < -0.4 is 10.2 Å². The van der Waals surface area contributed by atoms with Crippen LogP contribution in [-0.4, -0.2) is 41.8 Å². The molecule has 0 bridgehead atoms. The summed E-state index contributed by atoms with van der Waals surface area (Å²) in [7, 11) is 2.00. The number of hydrogen-bond donors (Lipinski definition) is 1. The molecule has 0 saturated heterocycles. The van der Waals surface area contributed by atoms with Gasteiger partial charge in [0.25, 0.3) is 0 Å². The van der Waals surface area contributed by atoms with E-state index in [2.05, 4.69) is 35.6 Å². The summed E-state index contributed by atoms with van der Waals surface area (Å²) in [6, 6.07) is 1.11. The van der Waals surface area contributed by atoms with Crippen molar-refractivity contribution in [3.8, 4) is 0 Å². The van der Waals surface area contributed by atoms with Crippen molar-refractivity contribution in [1.29, 1.82) is 0 Å². The Hall–Kier alpha value is -0.750. The molecular formula is C12H24N4OS. The average Bonchev–Trinajstić information content (AvgIpc) is 2.84. The molecule has 0 amide bonds. The third-order valence-corrected chi connectivity index (χ3v) is 3.66. The normalized spacial score (nSPS) is 14.5. The maximum Gasteiger partial charge on any atom is 0.318 e. The van der Waals surface area contributed by atoms with Crippen molar-refractivity contribution in [2.45, 2.75) is 39.3 Å². The van der Waals surface area contributed by atoms with Crippen LogP contribution in [-0.2, 0) is 0 Å². The van der Waals surface area contributed by atoms with Crippen molar-refractivity contribution in [2.75, 3.05) is 30.5 Å². The highest BCUT2D eigenvalue weighted by Crippen LogP contribution is 2.19. The van der Waals surface area contributed by atoms with E-state index in [1.165, 1.54) is 0 Å². The topological polar surface area (TPSA) is 54.2 Å². The summed E-state index contributed by atoms with van der Waals surface area (Å²) in [5.74, 6) is 1.79. The molecule has 0 spiro atoms. The molecule has 1 rings (SSSR count). The van der Waals surface area contributed by atoms with Gasteiger partial charge < -0.3 is 14.6 Å². The Morgan fingerprint density at radius 3 is 2.72 bits per heavy atom. The highest BCUT2D eigenvalue weighted by atomic mass is 32.2. The van der Waals surface area contributed by atoms with Crippen LogP contribution in [0.2, 0.25) is 0 Å². The quantitative estimate of drug-likeness (QED) is 0.784. The number of anilines is 1. The molecule has 0 saturated carbocycles. The molecule has 1 aromatic rings. The molecule has 18 heavy (non-hydrogen) atoms. The Bertz CT molecular complexity index is 345. The Balaban J connectivity index is 2.61. The predicted octanol–water partition coefficient (Wildman–Crippen LogP) is 2.32. The summed E-state index contributed by atoms with van der Waals surface area (Å²) in [6.07, 6.45) is 3.23. The molecule has 0 aliphatic carbocycles. The van der Waals surface area contributed by atoms with E-state index < -0.39 is 0 Å². The van der Waals surface area contributed by atoms with Crippen LogP contribution in [0.15, 0.2) is 4.42 Å². The van der Waals surface area contributed by atoms with E-state index in [1.807, 2.05) is 30.6 Å². The van der Waals surface area contributed by atoms with Crippen LogP contribution in [0, 0.1) is 0 Å². The molecule has 0 radical (unpaired) electrons. The minimum Gasteiger partial charge on any atom is -0.406 e. The average molecular weight is 272 g/mol. The van der Waals surface area contributed by atoms with Gasteiger partial charge in [-0.2, -0.15) is 11.8 Å². The summed E-state index contributed by atoms with van der Waals surface area (Å²) in [5, 5.41) is 11.5. The fraction of sp³-hybridized carbons (Fsp3) is 0.833. The van der Waals surface area contributed by atoms with E-state index in [4.69, 9.17) is 4.42 Å². The lowest BCUT2D eigenvalue weighted by Crippen LogP contribution is -2.29.